The van der Waals surface area contributed by atoms with Crippen molar-refractivity contribution in [1.82, 2.24) is 19.6 Å². The monoisotopic (exact) mass is 248 g/mol. The quantitative estimate of drug-likeness (QED) is 0.880. The fourth-order valence-electron chi connectivity index (χ4n) is 2.27. The first-order valence-corrected chi connectivity index (χ1v) is 6.64. The Labute approximate surface area is 106 Å². The van der Waals surface area contributed by atoms with Crippen molar-refractivity contribution in [1.29, 1.82) is 0 Å². The molecule has 5 nitrogen and oxygen atoms in total. The third kappa shape index (κ3) is 2.17. The minimum atomic E-state index is -0.186. The molecule has 0 aliphatic carbocycles. The summed E-state index contributed by atoms with van der Waals surface area (Å²) < 4.78 is 1.69. The molecule has 0 radical (unpaired) electrons. The van der Waals surface area contributed by atoms with E-state index in [-0.39, 0.29) is 5.69 Å². The molecule has 2 heterocycles. The van der Waals surface area contributed by atoms with Crippen LogP contribution in [0.25, 0.3) is 5.52 Å². The van der Waals surface area contributed by atoms with Gasteiger partial charge in [0.25, 0.3) is 0 Å². The molecule has 2 aromatic heterocycles. The smallest absolute Gasteiger partial charge is 0.246 e. The molecule has 0 spiro atoms. The van der Waals surface area contributed by atoms with Gasteiger partial charge in [-0.2, -0.15) is 5.10 Å². The number of nitrogens with zero attached hydrogens (tertiary/aromatic N) is 3. The summed E-state index contributed by atoms with van der Waals surface area (Å²) in [6, 6.07) is 0. The summed E-state index contributed by atoms with van der Waals surface area (Å²) in [6.45, 7) is 6.18. The number of unbranched alkanes of at least 4 members (excludes halogenated alkanes) is 1. The third-order valence-electron chi connectivity index (χ3n) is 3.12. The van der Waals surface area contributed by atoms with E-state index in [0.717, 1.165) is 54.8 Å². The molecule has 0 saturated carbocycles. The van der Waals surface area contributed by atoms with Gasteiger partial charge in [-0.15, -0.1) is 0 Å². The molecule has 18 heavy (non-hydrogen) atoms. The number of H-pyrrole nitrogens is 1. The van der Waals surface area contributed by atoms with Crippen LogP contribution in [-0.4, -0.2) is 19.6 Å². The molecule has 0 bridgehead atoms. The van der Waals surface area contributed by atoms with Crippen LogP contribution in [0, 0.1) is 6.92 Å². The number of imidazole rings is 1. The van der Waals surface area contributed by atoms with Crippen molar-refractivity contribution in [2.24, 2.45) is 0 Å². The highest BCUT2D eigenvalue weighted by Gasteiger charge is 2.14. The lowest BCUT2D eigenvalue weighted by atomic mass is 10.2. The molecule has 0 aliphatic rings. The zero-order valence-corrected chi connectivity index (χ0v) is 11.3. The first kappa shape index (κ1) is 12.8. The number of nitrogens with one attached hydrogen (secondary N) is 1. The summed E-state index contributed by atoms with van der Waals surface area (Å²) in [7, 11) is 0. The normalized spacial score (nSPS) is 11.3. The van der Waals surface area contributed by atoms with Gasteiger partial charge < -0.3 is 0 Å². The SMILES string of the molecule is CCCCc1n[nH]c(=O)n2c(CCC)nc(C)c12. The van der Waals surface area contributed by atoms with E-state index in [0.29, 0.717) is 0 Å². The van der Waals surface area contributed by atoms with Gasteiger partial charge in [-0.3, -0.25) is 0 Å². The topological polar surface area (TPSA) is 63.0 Å². The van der Waals surface area contributed by atoms with Gasteiger partial charge in [0.15, 0.2) is 0 Å². The molecular weight excluding hydrogens is 228 g/mol. The van der Waals surface area contributed by atoms with Gasteiger partial charge in [0.2, 0.25) is 0 Å². The van der Waals surface area contributed by atoms with Crippen LogP contribution in [0.4, 0.5) is 0 Å². The van der Waals surface area contributed by atoms with Crippen LogP contribution in [0.3, 0.4) is 0 Å². The standard InChI is InChI=1S/C13H20N4O/c1-4-6-8-10-12-9(3)14-11(7-5-2)17(12)13(18)16-15-10/h4-8H2,1-3H3,(H,16,18). The maximum Gasteiger partial charge on any atom is 0.347 e. The van der Waals surface area contributed by atoms with Crippen molar-refractivity contribution < 1.29 is 0 Å². The molecule has 98 valence electrons. The predicted octanol–water partition coefficient (Wildman–Crippen LogP) is 2.02. The summed E-state index contributed by atoms with van der Waals surface area (Å²) in [4.78, 5) is 16.4. The average molecular weight is 248 g/mol. The van der Waals surface area contributed by atoms with Crippen molar-refractivity contribution in [2.45, 2.75) is 52.9 Å². The molecule has 0 amide bonds. The van der Waals surface area contributed by atoms with Crippen LogP contribution in [0.5, 0.6) is 0 Å². The molecule has 0 aliphatic heterocycles. The van der Waals surface area contributed by atoms with E-state index in [2.05, 4.69) is 29.0 Å². The Morgan fingerprint density at radius 3 is 2.67 bits per heavy atom. The second kappa shape index (κ2) is 5.33. The molecule has 2 rings (SSSR count). The Morgan fingerprint density at radius 1 is 1.22 bits per heavy atom. The van der Waals surface area contributed by atoms with Crippen LogP contribution in [-0.2, 0) is 12.8 Å². The van der Waals surface area contributed by atoms with Crippen molar-refractivity contribution in [3.05, 3.63) is 27.7 Å². The van der Waals surface area contributed by atoms with Gasteiger partial charge in [0.05, 0.1) is 16.9 Å². The number of hydrogen-bond acceptors (Lipinski definition) is 3. The maximum absolute atomic E-state index is 11.9. The van der Waals surface area contributed by atoms with Gasteiger partial charge in [0.1, 0.15) is 5.82 Å². The lowest BCUT2D eigenvalue weighted by molar-refractivity contribution is 0.730. The molecular formula is C13H20N4O. The van der Waals surface area contributed by atoms with Crippen LogP contribution < -0.4 is 5.69 Å². The van der Waals surface area contributed by atoms with Gasteiger partial charge in [-0.1, -0.05) is 20.3 Å². The maximum atomic E-state index is 11.9. The fourth-order valence-corrected chi connectivity index (χ4v) is 2.27. The summed E-state index contributed by atoms with van der Waals surface area (Å²) in [5.41, 5.74) is 2.57. The van der Waals surface area contributed by atoms with Gasteiger partial charge in [-0.25, -0.2) is 19.3 Å². The van der Waals surface area contributed by atoms with Crippen LogP contribution >= 0.6 is 0 Å². The summed E-state index contributed by atoms with van der Waals surface area (Å²) in [5.74, 6) is 0.839. The highest BCUT2D eigenvalue weighted by molar-refractivity contribution is 5.56. The minimum absolute atomic E-state index is 0.186. The van der Waals surface area contributed by atoms with Crippen molar-refractivity contribution >= 4 is 5.52 Å². The second-order valence-corrected chi connectivity index (χ2v) is 4.63. The molecule has 0 saturated heterocycles. The molecule has 0 atom stereocenters. The Balaban J connectivity index is 2.62. The molecule has 1 N–H and O–H groups in total. The number of rotatable bonds is 5. The van der Waals surface area contributed by atoms with E-state index in [1.54, 1.807) is 4.40 Å². The zero-order chi connectivity index (χ0) is 13.1. The largest absolute Gasteiger partial charge is 0.347 e. The number of hydrogen-bond donors (Lipinski definition) is 1. The van der Waals surface area contributed by atoms with E-state index < -0.39 is 0 Å². The minimum Gasteiger partial charge on any atom is -0.246 e. The van der Waals surface area contributed by atoms with Crippen LogP contribution in [0.1, 0.15) is 50.3 Å². The van der Waals surface area contributed by atoms with Crippen molar-refractivity contribution in [3.8, 4) is 0 Å². The van der Waals surface area contributed by atoms with E-state index in [9.17, 15) is 4.79 Å². The zero-order valence-electron chi connectivity index (χ0n) is 11.3. The van der Waals surface area contributed by atoms with E-state index in [1.165, 1.54) is 0 Å². The van der Waals surface area contributed by atoms with Gasteiger partial charge in [0, 0.05) is 6.42 Å². The lowest BCUT2D eigenvalue weighted by Crippen LogP contribution is -2.21. The highest BCUT2D eigenvalue weighted by atomic mass is 16.1. The number of fused-ring (bicyclic) bond motifs is 1. The molecule has 0 unspecified atom stereocenters. The molecule has 5 heteroatoms. The predicted molar refractivity (Wildman–Crippen MR) is 71.0 cm³/mol. The number of aryl methyl sites for hydroxylation is 3. The van der Waals surface area contributed by atoms with Crippen molar-refractivity contribution in [3.63, 3.8) is 0 Å². The number of aromatic amines is 1. The van der Waals surface area contributed by atoms with E-state index >= 15 is 0 Å². The van der Waals surface area contributed by atoms with E-state index in [4.69, 9.17) is 0 Å². The van der Waals surface area contributed by atoms with Crippen molar-refractivity contribution in [2.75, 3.05) is 0 Å². The summed E-state index contributed by atoms with van der Waals surface area (Å²) in [5, 5.41) is 6.76. The van der Waals surface area contributed by atoms with Gasteiger partial charge >= 0.3 is 5.69 Å². The second-order valence-electron chi connectivity index (χ2n) is 4.63. The third-order valence-corrected chi connectivity index (χ3v) is 3.12. The van der Waals surface area contributed by atoms with Crippen LogP contribution in [0.15, 0.2) is 4.79 Å². The Morgan fingerprint density at radius 2 is 2.00 bits per heavy atom. The lowest BCUT2D eigenvalue weighted by Gasteiger charge is -2.03. The first-order chi connectivity index (χ1) is 8.69. The van der Waals surface area contributed by atoms with E-state index in [1.807, 2.05) is 6.92 Å². The van der Waals surface area contributed by atoms with Gasteiger partial charge in [-0.05, 0) is 26.2 Å². The fraction of sp³-hybridized carbons (Fsp3) is 0.615. The first-order valence-electron chi connectivity index (χ1n) is 6.64. The Bertz CT molecular complexity index is 597. The summed E-state index contributed by atoms with van der Waals surface area (Å²) in [6.07, 6.45) is 4.86. The molecule has 0 aromatic carbocycles. The van der Waals surface area contributed by atoms with Crippen LogP contribution in [0.2, 0.25) is 0 Å². The molecule has 2 aromatic rings. The Kier molecular flexibility index (Phi) is 3.79. The summed E-state index contributed by atoms with van der Waals surface area (Å²) >= 11 is 0. The highest BCUT2D eigenvalue weighted by Crippen LogP contribution is 2.16. The Hall–Kier alpha value is -1.65. The average Bonchev–Trinajstić information content (AvgIpc) is 2.68. The molecule has 0 fully saturated rings. The number of aromatic nitrogens is 4.